The van der Waals surface area contributed by atoms with Crippen molar-refractivity contribution >= 4 is 23.6 Å². The van der Waals surface area contributed by atoms with E-state index in [1.54, 1.807) is 39.0 Å². The van der Waals surface area contributed by atoms with Gasteiger partial charge in [-0.15, -0.1) is 0 Å². The molecule has 7 heteroatoms. The van der Waals surface area contributed by atoms with Crippen LogP contribution in [0.15, 0.2) is 24.3 Å². The predicted molar refractivity (Wildman–Crippen MR) is 101 cm³/mol. The lowest BCUT2D eigenvalue weighted by atomic mass is 10.1. The Morgan fingerprint density at radius 3 is 2.42 bits per heavy atom. The molecule has 0 aromatic heterocycles. The number of nitrogens with one attached hydrogen (secondary N) is 3. The van der Waals surface area contributed by atoms with Crippen molar-refractivity contribution in [2.24, 2.45) is 0 Å². The lowest BCUT2D eigenvalue weighted by Gasteiger charge is -2.21. The van der Waals surface area contributed by atoms with E-state index in [1.807, 2.05) is 6.07 Å². The minimum atomic E-state index is -1.10. The van der Waals surface area contributed by atoms with Gasteiger partial charge in [0.05, 0.1) is 5.56 Å². The van der Waals surface area contributed by atoms with Gasteiger partial charge in [-0.2, -0.15) is 0 Å². The fraction of sp³-hybridized carbons (Fsp3) is 0.526. The molecule has 3 N–H and O–H groups in total. The topological polar surface area (TPSA) is 96.5 Å². The molecule has 1 aromatic carbocycles. The summed E-state index contributed by atoms with van der Waals surface area (Å²) < 4.78 is 5.21. The summed E-state index contributed by atoms with van der Waals surface area (Å²) >= 11 is 0. The summed E-state index contributed by atoms with van der Waals surface area (Å²) in [5.41, 5.74) is 0.527. The molecule has 1 aromatic rings. The van der Waals surface area contributed by atoms with E-state index in [2.05, 4.69) is 22.9 Å². The van der Waals surface area contributed by atoms with Crippen molar-refractivity contribution in [3.8, 4) is 0 Å². The molecule has 26 heavy (non-hydrogen) atoms. The largest absolute Gasteiger partial charge is 0.449 e. The van der Waals surface area contributed by atoms with Gasteiger partial charge < -0.3 is 15.4 Å². The number of hydrogen-bond acceptors (Lipinski definition) is 5. The second-order valence-corrected chi connectivity index (χ2v) is 7.07. The lowest BCUT2D eigenvalue weighted by Crippen LogP contribution is -2.50. The number of anilines is 1. The van der Waals surface area contributed by atoms with E-state index in [-0.39, 0.29) is 0 Å². The Morgan fingerprint density at radius 2 is 1.81 bits per heavy atom. The van der Waals surface area contributed by atoms with Crippen LogP contribution in [-0.2, 0) is 9.53 Å². The monoisotopic (exact) mass is 363 g/mol. The van der Waals surface area contributed by atoms with Crippen LogP contribution in [-0.4, -0.2) is 36.1 Å². The summed E-state index contributed by atoms with van der Waals surface area (Å²) in [5, 5.41) is 7.96. The highest BCUT2D eigenvalue weighted by atomic mass is 16.5. The van der Waals surface area contributed by atoms with Gasteiger partial charge in [0.2, 0.25) is 0 Å². The molecule has 0 aliphatic heterocycles. The smallest absolute Gasteiger partial charge is 0.341 e. The molecule has 0 bridgehead atoms. The third-order valence-electron chi connectivity index (χ3n) is 3.37. The number of imide groups is 1. The molecule has 144 valence electrons. The first kappa shape index (κ1) is 21.5. The van der Waals surface area contributed by atoms with E-state index in [1.165, 1.54) is 6.92 Å². The Bertz CT molecular complexity index is 638. The molecule has 1 atom stereocenters. The van der Waals surface area contributed by atoms with Gasteiger partial charge in [-0.1, -0.05) is 25.5 Å². The maximum Gasteiger partial charge on any atom is 0.341 e. The van der Waals surface area contributed by atoms with Crippen LogP contribution >= 0.6 is 0 Å². The molecule has 3 amide bonds. The summed E-state index contributed by atoms with van der Waals surface area (Å²) in [6.45, 7) is 9.63. The fourth-order valence-electron chi connectivity index (χ4n) is 2.08. The average Bonchev–Trinajstić information content (AvgIpc) is 2.53. The number of ether oxygens (including phenoxy) is 1. The highest BCUT2D eigenvalue weighted by molar-refractivity contribution is 6.00. The van der Waals surface area contributed by atoms with E-state index < -0.39 is 29.6 Å². The first-order chi connectivity index (χ1) is 12.1. The maximum atomic E-state index is 12.4. The molecule has 0 heterocycles. The molecule has 0 aliphatic carbocycles. The molecule has 0 saturated carbocycles. The van der Waals surface area contributed by atoms with Crippen LogP contribution in [0, 0.1) is 0 Å². The van der Waals surface area contributed by atoms with Crippen molar-refractivity contribution in [2.45, 2.75) is 59.1 Å². The van der Waals surface area contributed by atoms with Gasteiger partial charge in [0.25, 0.3) is 5.91 Å². The van der Waals surface area contributed by atoms with Gasteiger partial charge in [-0.05, 0) is 46.2 Å². The minimum absolute atomic E-state index is 0.349. The zero-order valence-corrected chi connectivity index (χ0v) is 16.1. The lowest BCUT2D eigenvalue weighted by molar-refractivity contribution is -0.127. The summed E-state index contributed by atoms with van der Waals surface area (Å²) in [6.07, 6.45) is 0.912. The number of hydrogen-bond donors (Lipinski definition) is 3. The van der Waals surface area contributed by atoms with Crippen LogP contribution in [0.1, 0.15) is 57.8 Å². The number of unbranched alkanes of at least 4 members (excludes halogenated alkanes) is 1. The highest BCUT2D eigenvalue weighted by Crippen LogP contribution is 2.17. The number of benzene rings is 1. The SMILES string of the molecule is CCCCNc1ccccc1C(=O)OC(C)C(=O)NC(=O)NC(C)(C)C. The average molecular weight is 363 g/mol. The van der Waals surface area contributed by atoms with Gasteiger partial charge in [-0.25, -0.2) is 9.59 Å². The third kappa shape index (κ3) is 7.55. The van der Waals surface area contributed by atoms with Gasteiger partial charge in [0.1, 0.15) is 0 Å². The summed E-state index contributed by atoms with van der Waals surface area (Å²) in [5.74, 6) is -1.31. The number of para-hydroxylation sites is 1. The zero-order valence-electron chi connectivity index (χ0n) is 16.1. The van der Waals surface area contributed by atoms with Crippen molar-refractivity contribution in [1.82, 2.24) is 10.6 Å². The number of amides is 3. The maximum absolute atomic E-state index is 12.4. The van der Waals surface area contributed by atoms with Crippen LogP contribution in [0.4, 0.5) is 10.5 Å². The van der Waals surface area contributed by atoms with Crippen LogP contribution < -0.4 is 16.0 Å². The van der Waals surface area contributed by atoms with Crippen molar-refractivity contribution in [2.75, 3.05) is 11.9 Å². The van der Waals surface area contributed by atoms with Crippen molar-refractivity contribution < 1.29 is 19.1 Å². The molecule has 1 rings (SSSR count). The van der Waals surface area contributed by atoms with Crippen molar-refractivity contribution in [3.63, 3.8) is 0 Å². The molecule has 0 spiro atoms. The van der Waals surface area contributed by atoms with E-state index in [9.17, 15) is 14.4 Å². The van der Waals surface area contributed by atoms with Crippen molar-refractivity contribution in [3.05, 3.63) is 29.8 Å². The summed E-state index contributed by atoms with van der Waals surface area (Å²) in [4.78, 5) is 36.2. The second kappa shape index (κ2) is 9.79. The first-order valence-electron chi connectivity index (χ1n) is 8.81. The number of carbonyl (C=O) groups excluding carboxylic acids is 3. The number of urea groups is 1. The molecule has 7 nitrogen and oxygen atoms in total. The van der Waals surface area contributed by atoms with Gasteiger partial charge in [0, 0.05) is 17.8 Å². The molecule has 0 fully saturated rings. The predicted octanol–water partition coefficient (Wildman–Crippen LogP) is 3.07. The third-order valence-corrected chi connectivity index (χ3v) is 3.37. The van der Waals surface area contributed by atoms with E-state index in [0.717, 1.165) is 19.4 Å². The Kier molecular flexibility index (Phi) is 8.09. The standard InChI is InChI=1S/C19H29N3O4/c1-6-7-12-20-15-11-9-8-10-14(15)17(24)26-13(2)16(23)21-18(25)22-19(3,4)5/h8-11,13,20H,6-7,12H2,1-5H3,(H2,21,22,23,25). The number of esters is 1. The van der Waals surface area contributed by atoms with Crippen molar-refractivity contribution in [1.29, 1.82) is 0 Å². The van der Waals surface area contributed by atoms with E-state index in [4.69, 9.17) is 4.74 Å². The van der Waals surface area contributed by atoms with E-state index in [0.29, 0.717) is 11.3 Å². The van der Waals surface area contributed by atoms with Gasteiger partial charge in [0.15, 0.2) is 6.10 Å². The summed E-state index contributed by atoms with van der Waals surface area (Å²) in [6, 6.07) is 6.33. The molecule has 0 radical (unpaired) electrons. The second-order valence-electron chi connectivity index (χ2n) is 7.07. The summed E-state index contributed by atoms with van der Waals surface area (Å²) in [7, 11) is 0. The van der Waals surface area contributed by atoms with Gasteiger partial charge in [-0.3, -0.25) is 10.1 Å². The molecule has 0 aliphatic rings. The van der Waals surface area contributed by atoms with Gasteiger partial charge >= 0.3 is 12.0 Å². The highest BCUT2D eigenvalue weighted by Gasteiger charge is 2.23. The molecular formula is C19H29N3O4. The Balaban J connectivity index is 2.66. The van der Waals surface area contributed by atoms with Crippen LogP contribution in [0.3, 0.4) is 0 Å². The van der Waals surface area contributed by atoms with Crippen LogP contribution in [0.25, 0.3) is 0 Å². The normalized spacial score (nSPS) is 12.0. The first-order valence-corrected chi connectivity index (χ1v) is 8.81. The van der Waals surface area contributed by atoms with Crippen LogP contribution in [0.5, 0.6) is 0 Å². The Hall–Kier alpha value is -2.57. The Labute approximate surface area is 154 Å². The van der Waals surface area contributed by atoms with E-state index >= 15 is 0 Å². The molecule has 1 unspecified atom stereocenters. The zero-order chi connectivity index (χ0) is 19.7. The molecular weight excluding hydrogens is 334 g/mol. The number of rotatable bonds is 7. The molecule has 0 saturated heterocycles. The minimum Gasteiger partial charge on any atom is -0.449 e. The quantitative estimate of drug-likeness (QED) is 0.511. The fourth-order valence-corrected chi connectivity index (χ4v) is 2.08. The number of carbonyl (C=O) groups is 3. The Morgan fingerprint density at radius 1 is 1.15 bits per heavy atom. The van der Waals surface area contributed by atoms with Crippen LogP contribution in [0.2, 0.25) is 0 Å².